The molecule has 0 unspecified atom stereocenters. The van der Waals surface area contributed by atoms with Gasteiger partial charge < -0.3 is 4.42 Å². The van der Waals surface area contributed by atoms with Gasteiger partial charge in [-0.1, -0.05) is 6.07 Å². The summed E-state index contributed by atoms with van der Waals surface area (Å²) in [5, 5.41) is -1.13. The number of halogens is 3. The molecule has 2 heterocycles. The third-order valence-corrected chi connectivity index (χ3v) is 7.24. The Balaban J connectivity index is 2.06. The van der Waals surface area contributed by atoms with Crippen LogP contribution in [0, 0.1) is 24.4 Å². The second-order valence-electron chi connectivity index (χ2n) is 7.07. The SMILES string of the molecule is Cc1ccc(-n2c(=O)n(S(=O)(=O)C3CC3)c3c4occc4c(F)c(F)c32)c(F)c1. The van der Waals surface area contributed by atoms with Crippen molar-refractivity contribution in [2.75, 3.05) is 0 Å². The van der Waals surface area contributed by atoms with Gasteiger partial charge in [-0.15, -0.1) is 0 Å². The van der Waals surface area contributed by atoms with Crippen LogP contribution < -0.4 is 5.69 Å². The second-order valence-corrected chi connectivity index (χ2v) is 9.13. The topological polar surface area (TPSA) is 74.2 Å². The number of benzene rings is 2. The smallest absolute Gasteiger partial charge is 0.348 e. The number of furan rings is 1. The van der Waals surface area contributed by atoms with Crippen molar-refractivity contribution in [1.82, 2.24) is 8.54 Å². The highest BCUT2D eigenvalue weighted by molar-refractivity contribution is 7.91. The molecule has 4 aromatic rings. The zero-order valence-electron chi connectivity index (χ0n) is 14.9. The molecular weight excluding hydrogens is 409 g/mol. The fourth-order valence-electron chi connectivity index (χ4n) is 3.54. The zero-order valence-corrected chi connectivity index (χ0v) is 15.8. The highest BCUT2D eigenvalue weighted by Crippen LogP contribution is 2.37. The minimum atomic E-state index is -4.22. The molecule has 0 radical (unpaired) electrons. The molecule has 1 saturated carbocycles. The average molecular weight is 422 g/mol. The molecule has 5 rings (SSSR count). The van der Waals surface area contributed by atoms with E-state index in [2.05, 4.69) is 0 Å². The molecule has 0 N–H and O–H groups in total. The first-order chi connectivity index (χ1) is 13.7. The van der Waals surface area contributed by atoms with Gasteiger partial charge in [0.25, 0.3) is 0 Å². The van der Waals surface area contributed by atoms with Crippen molar-refractivity contribution in [3.8, 4) is 5.69 Å². The van der Waals surface area contributed by atoms with E-state index in [1.54, 1.807) is 6.92 Å². The van der Waals surface area contributed by atoms with Crippen molar-refractivity contribution in [2.45, 2.75) is 25.0 Å². The van der Waals surface area contributed by atoms with Gasteiger partial charge in [0, 0.05) is 0 Å². The van der Waals surface area contributed by atoms with Crippen LogP contribution >= 0.6 is 0 Å². The Labute approximate surface area is 161 Å². The van der Waals surface area contributed by atoms with Crippen molar-refractivity contribution in [1.29, 1.82) is 0 Å². The molecule has 1 aliphatic rings. The molecule has 0 amide bonds. The molecule has 29 heavy (non-hydrogen) atoms. The quantitative estimate of drug-likeness (QED) is 0.506. The molecule has 0 bridgehead atoms. The predicted octanol–water partition coefficient (Wildman–Crippen LogP) is 3.60. The molecular formula is C19H13F3N2O4S. The van der Waals surface area contributed by atoms with E-state index < -0.39 is 49.4 Å². The van der Waals surface area contributed by atoms with Gasteiger partial charge in [0.2, 0.25) is 10.0 Å². The van der Waals surface area contributed by atoms with Crippen LogP contribution in [0.15, 0.2) is 39.7 Å². The summed E-state index contributed by atoms with van der Waals surface area (Å²) < 4.78 is 76.5. The third kappa shape index (κ3) is 2.35. The van der Waals surface area contributed by atoms with Crippen molar-refractivity contribution in [3.63, 3.8) is 0 Å². The molecule has 10 heteroatoms. The lowest BCUT2D eigenvalue weighted by atomic mass is 10.2. The van der Waals surface area contributed by atoms with E-state index in [9.17, 15) is 22.0 Å². The van der Waals surface area contributed by atoms with Crippen LogP contribution in [0.25, 0.3) is 27.7 Å². The maximum absolute atomic E-state index is 15.1. The van der Waals surface area contributed by atoms with Gasteiger partial charge in [-0.05, 0) is 43.5 Å². The van der Waals surface area contributed by atoms with Crippen LogP contribution in [0.5, 0.6) is 0 Å². The number of nitrogens with zero attached hydrogens (tertiary/aromatic N) is 2. The second kappa shape index (κ2) is 5.76. The van der Waals surface area contributed by atoms with E-state index in [-0.39, 0.29) is 16.7 Å². The summed E-state index contributed by atoms with van der Waals surface area (Å²) in [5.74, 6) is -3.66. The highest BCUT2D eigenvalue weighted by Gasteiger charge is 2.41. The lowest BCUT2D eigenvalue weighted by molar-refractivity contribution is 0.520. The molecule has 0 saturated heterocycles. The summed E-state index contributed by atoms with van der Waals surface area (Å²) in [6.07, 6.45) is 1.74. The Kier molecular flexibility index (Phi) is 3.58. The molecule has 2 aromatic heterocycles. The first-order valence-corrected chi connectivity index (χ1v) is 10.3. The normalized spacial score (nSPS) is 14.9. The maximum Gasteiger partial charge on any atom is 0.348 e. The Morgan fingerprint density at radius 1 is 1.07 bits per heavy atom. The molecule has 2 aromatic carbocycles. The van der Waals surface area contributed by atoms with Crippen LogP contribution in [0.4, 0.5) is 13.2 Å². The van der Waals surface area contributed by atoms with Gasteiger partial charge >= 0.3 is 5.69 Å². The van der Waals surface area contributed by atoms with Crippen molar-refractivity contribution in [3.05, 3.63) is 64.0 Å². The Morgan fingerprint density at radius 3 is 2.45 bits per heavy atom. The van der Waals surface area contributed by atoms with Gasteiger partial charge in [0.05, 0.1) is 22.6 Å². The van der Waals surface area contributed by atoms with Crippen molar-refractivity contribution < 1.29 is 26.0 Å². The molecule has 0 atom stereocenters. The van der Waals surface area contributed by atoms with Crippen LogP contribution in [0.3, 0.4) is 0 Å². The Bertz CT molecular complexity index is 1490. The third-order valence-electron chi connectivity index (χ3n) is 5.08. The molecule has 1 aliphatic carbocycles. The molecule has 0 aliphatic heterocycles. The average Bonchev–Trinajstić information content (AvgIpc) is 3.33. The van der Waals surface area contributed by atoms with Gasteiger partial charge in [-0.2, -0.15) is 3.97 Å². The monoisotopic (exact) mass is 422 g/mol. The number of rotatable bonds is 3. The molecule has 0 spiro atoms. The summed E-state index contributed by atoms with van der Waals surface area (Å²) in [5.41, 5.74) is -2.50. The lowest BCUT2D eigenvalue weighted by Crippen LogP contribution is -2.31. The van der Waals surface area contributed by atoms with E-state index in [1.807, 2.05) is 0 Å². The zero-order chi connectivity index (χ0) is 20.7. The first kappa shape index (κ1) is 18.0. The van der Waals surface area contributed by atoms with E-state index in [1.165, 1.54) is 12.1 Å². The van der Waals surface area contributed by atoms with E-state index in [0.29, 0.717) is 26.9 Å². The predicted molar refractivity (Wildman–Crippen MR) is 99.3 cm³/mol. The largest absolute Gasteiger partial charge is 0.462 e. The fourth-order valence-corrected chi connectivity index (χ4v) is 5.29. The number of hydrogen-bond donors (Lipinski definition) is 0. The highest BCUT2D eigenvalue weighted by atomic mass is 32.2. The minimum absolute atomic E-state index is 0.300. The summed E-state index contributed by atoms with van der Waals surface area (Å²) in [7, 11) is -4.22. The first-order valence-electron chi connectivity index (χ1n) is 8.76. The maximum atomic E-state index is 15.1. The standard InChI is InChI=1S/C19H13F3N2O4S/c1-9-2-5-13(12(20)8-9)23-16-15(22)14(21)11-6-7-28-18(11)17(16)24(19(23)25)29(26,27)10-3-4-10/h2,5-8,10H,3-4H2,1H3. The fraction of sp³-hybridized carbons (Fsp3) is 0.211. The van der Waals surface area contributed by atoms with Crippen LogP contribution in [0.1, 0.15) is 18.4 Å². The molecule has 1 fully saturated rings. The van der Waals surface area contributed by atoms with Crippen LogP contribution in [0.2, 0.25) is 0 Å². The van der Waals surface area contributed by atoms with Gasteiger partial charge in [-0.3, -0.25) is 4.57 Å². The minimum Gasteiger partial charge on any atom is -0.462 e. The van der Waals surface area contributed by atoms with Crippen molar-refractivity contribution >= 4 is 32.0 Å². The lowest BCUT2D eigenvalue weighted by Gasteiger charge is -2.07. The number of imidazole rings is 1. The van der Waals surface area contributed by atoms with Crippen molar-refractivity contribution in [2.24, 2.45) is 0 Å². The van der Waals surface area contributed by atoms with Crippen LogP contribution in [-0.2, 0) is 10.0 Å². The summed E-state index contributed by atoms with van der Waals surface area (Å²) in [6.45, 7) is 1.61. The van der Waals surface area contributed by atoms with Gasteiger partial charge in [0.15, 0.2) is 17.2 Å². The van der Waals surface area contributed by atoms with Gasteiger partial charge in [-0.25, -0.2) is 26.4 Å². The van der Waals surface area contributed by atoms with E-state index in [0.717, 1.165) is 18.4 Å². The Hall–Kier alpha value is -3.01. The summed E-state index contributed by atoms with van der Waals surface area (Å²) in [6, 6.07) is 4.93. The van der Waals surface area contributed by atoms with E-state index in [4.69, 9.17) is 4.42 Å². The molecule has 150 valence electrons. The number of hydrogen-bond acceptors (Lipinski definition) is 4. The van der Waals surface area contributed by atoms with Crippen LogP contribution in [-0.4, -0.2) is 22.2 Å². The number of aryl methyl sites for hydroxylation is 1. The summed E-state index contributed by atoms with van der Waals surface area (Å²) in [4.78, 5) is 13.2. The Morgan fingerprint density at radius 2 is 1.79 bits per heavy atom. The number of fused-ring (bicyclic) bond motifs is 3. The van der Waals surface area contributed by atoms with Gasteiger partial charge in [0.1, 0.15) is 16.9 Å². The molecule has 6 nitrogen and oxygen atoms in total. The summed E-state index contributed by atoms with van der Waals surface area (Å²) >= 11 is 0. The number of aromatic nitrogens is 2. The van der Waals surface area contributed by atoms with E-state index >= 15 is 4.39 Å².